The highest BCUT2D eigenvalue weighted by molar-refractivity contribution is 5.27. The van der Waals surface area contributed by atoms with Gasteiger partial charge in [-0.25, -0.2) is 0 Å². The molecular weight excluding hydrogens is 122 g/mol. The summed E-state index contributed by atoms with van der Waals surface area (Å²) in [6.45, 7) is 4.30. The van der Waals surface area contributed by atoms with Gasteiger partial charge in [-0.3, -0.25) is 0 Å². The lowest BCUT2D eigenvalue weighted by atomic mass is 9.96. The minimum Gasteiger partial charge on any atom is -0.324 e. The molecule has 1 heteroatoms. The molecule has 1 rings (SSSR count). The van der Waals surface area contributed by atoms with E-state index in [0.717, 1.165) is 12.8 Å². The van der Waals surface area contributed by atoms with Crippen LogP contribution in [0.4, 0.5) is 0 Å². The summed E-state index contributed by atoms with van der Waals surface area (Å²) in [5.41, 5.74) is 8.57. The molecule has 1 atom stereocenters. The molecule has 0 saturated heterocycles. The van der Waals surface area contributed by atoms with Gasteiger partial charge in [-0.05, 0) is 32.3 Å². The van der Waals surface area contributed by atoms with Crippen molar-refractivity contribution in [2.45, 2.75) is 32.7 Å². The lowest BCUT2D eigenvalue weighted by Crippen LogP contribution is -2.19. The van der Waals surface area contributed by atoms with Crippen molar-refractivity contribution in [3.05, 3.63) is 23.3 Å². The molecule has 0 heterocycles. The van der Waals surface area contributed by atoms with Crippen molar-refractivity contribution in [2.75, 3.05) is 0 Å². The maximum absolute atomic E-state index is 5.69. The lowest BCUT2D eigenvalue weighted by molar-refractivity contribution is 0.699. The third-order valence-corrected chi connectivity index (χ3v) is 1.93. The molecule has 1 aliphatic rings. The SMILES string of the molecule is CC(C)=C1C=CC(N)CC1. The van der Waals surface area contributed by atoms with Gasteiger partial charge in [-0.1, -0.05) is 17.7 Å². The molecule has 1 aliphatic carbocycles. The highest BCUT2D eigenvalue weighted by atomic mass is 14.6. The van der Waals surface area contributed by atoms with E-state index in [-0.39, 0.29) is 0 Å². The van der Waals surface area contributed by atoms with Crippen LogP contribution in [0.3, 0.4) is 0 Å². The molecule has 0 radical (unpaired) electrons. The number of allylic oxidation sites excluding steroid dienone is 3. The minimum absolute atomic E-state index is 0.295. The molecular formula is C9H15N. The van der Waals surface area contributed by atoms with Crippen LogP contribution in [-0.2, 0) is 0 Å². The first-order chi connectivity index (χ1) is 4.70. The van der Waals surface area contributed by atoms with Gasteiger partial charge in [0.25, 0.3) is 0 Å². The van der Waals surface area contributed by atoms with Gasteiger partial charge in [0.1, 0.15) is 0 Å². The molecule has 0 aliphatic heterocycles. The van der Waals surface area contributed by atoms with Crippen LogP contribution in [0, 0.1) is 0 Å². The van der Waals surface area contributed by atoms with Gasteiger partial charge in [0.15, 0.2) is 0 Å². The number of hydrogen-bond acceptors (Lipinski definition) is 1. The van der Waals surface area contributed by atoms with Gasteiger partial charge < -0.3 is 5.73 Å². The predicted octanol–water partition coefficient (Wildman–Crippen LogP) is 2.00. The summed E-state index contributed by atoms with van der Waals surface area (Å²) < 4.78 is 0. The molecule has 10 heavy (non-hydrogen) atoms. The van der Waals surface area contributed by atoms with Crippen LogP contribution >= 0.6 is 0 Å². The molecule has 0 spiro atoms. The van der Waals surface area contributed by atoms with E-state index in [4.69, 9.17) is 5.73 Å². The summed E-state index contributed by atoms with van der Waals surface area (Å²) in [6.07, 6.45) is 6.51. The van der Waals surface area contributed by atoms with Crippen molar-refractivity contribution in [1.29, 1.82) is 0 Å². The van der Waals surface area contributed by atoms with E-state index in [2.05, 4.69) is 26.0 Å². The molecule has 0 fully saturated rings. The van der Waals surface area contributed by atoms with E-state index in [9.17, 15) is 0 Å². The van der Waals surface area contributed by atoms with Crippen molar-refractivity contribution < 1.29 is 0 Å². The molecule has 56 valence electrons. The van der Waals surface area contributed by atoms with Gasteiger partial charge in [0.2, 0.25) is 0 Å². The van der Waals surface area contributed by atoms with E-state index in [1.54, 1.807) is 0 Å². The standard InChI is InChI=1S/C9H15N/c1-7(2)8-3-5-9(10)6-4-8/h3,5,9H,4,6,10H2,1-2H3. The number of hydrogen-bond donors (Lipinski definition) is 1. The molecule has 0 bridgehead atoms. The molecule has 0 aromatic heterocycles. The van der Waals surface area contributed by atoms with Crippen molar-refractivity contribution in [2.24, 2.45) is 5.73 Å². The fourth-order valence-electron chi connectivity index (χ4n) is 1.16. The zero-order valence-corrected chi connectivity index (χ0v) is 6.72. The van der Waals surface area contributed by atoms with Gasteiger partial charge in [0, 0.05) is 6.04 Å². The highest BCUT2D eigenvalue weighted by Crippen LogP contribution is 2.18. The van der Waals surface area contributed by atoms with Gasteiger partial charge in [-0.15, -0.1) is 0 Å². The van der Waals surface area contributed by atoms with Gasteiger partial charge in [0.05, 0.1) is 0 Å². The van der Waals surface area contributed by atoms with E-state index in [1.807, 2.05) is 0 Å². The quantitative estimate of drug-likeness (QED) is 0.543. The topological polar surface area (TPSA) is 26.0 Å². The smallest absolute Gasteiger partial charge is 0.0230 e. The zero-order valence-electron chi connectivity index (χ0n) is 6.72. The third kappa shape index (κ3) is 1.71. The molecule has 0 amide bonds. The van der Waals surface area contributed by atoms with Crippen molar-refractivity contribution in [3.63, 3.8) is 0 Å². The molecule has 0 aromatic carbocycles. The average Bonchev–Trinajstić information content (AvgIpc) is 1.88. The zero-order chi connectivity index (χ0) is 7.56. The second-order valence-corrected chi connectivity index (χ2v) is 3.09. The normalized spacial score (nSPS) is 25.1. The minimum atomic E-state index is 0.295. The van der Waals surface area contributed by atoms with Crippen LogP contribution in [0.15, 0.2) is 23.3 Å². The number of nitrogens with two attached hydrogens (primary N) is 1. The second-order valence-electron chi connectivity index (χ2n) is 3.09. The molecule has 2 N–H and O–H groups in total. The van der Waals surface area contributed by atoms with Crippen molar-refractivity contribution in [1.82, 2.24) is 0 Å². The van der Waals surface area contributed by atoms with E-state index < -0.39 is 0 Å². The van der Waals surface area contributed by atoms with Crippen LogP contribution in [0.25, 0.3) is 0 Å². The largest absolute Gasteiger partial charge is 0.324 e. The van der Waals surface area contributed by atoms with Crippen LogP contribution in [0.5, 0.6) is 0 Å². The summed E-state index contributed by atoms with van der Waals surface area (Å²) in [6, 6.07) is 0.295. The summed E-state index contributed by atoms with van der Waals surface area (Å²) in [5.74, 6) is 0. The lowest BCUT2D eigenvalue weighted by Gasteiger charge is -2.14. The van der Waals surface area contributed by atoms with E-state index >= 15 is 0 Å². The predicted molar refractivity (Wildman–Crippen MR) is 44.7 cm³/mol. The number of rotatable bonds is 0. The first kappa shape index (κ1) is 7.55. The van der Waals surface area contributed by atoms with Crippen LogP contribution < -0.4 is 5.73 Å². The average molecular weight is 137 g/mol. The first-order valence-corrected chi connectivity index (χ1v) is 3.80. The maximum Gasteiger partial charge on any atom is 0.0230 e. The molecule has 0 aromatic rings. The molecule has 0 saturated carbocycles. The Morgan fingerprint density at radius 1 is 1.60 bits per heavy atom. The van der Waals surface area contributed by atoms with E-state index in [1.165, 1.54) is 11.1 Å². The second kappa shape index (κ2) is 3.02. The Kier molecular flexibility index (Phi) is 2.28. The molecule has 1 nitrogen and oxygen atoms in total. The monoisotopic (exact) mass is 137 g/mol. The van der Waals surface area contributed by atoms with E-state index in [0.29, 0.717) is 6.04 Å². The van der Waals surface area contributed by atoms with Crippen LogP contribution in [-0.4, -0.2) is 6.04 Å². The Hall–Kier alpha value is -0.560. The van der Waals surface area contributed by atoms with Gasteiger partial charge >= 0.3 is 0 Å². The summed E-state index contributed by atoms with van der Waals surface area (Å²) in [4.78, 5) is 0. The highest BCUT2D eigenvalue weighted by Gasteiger charge is 2.06. The van der Waals surface area contributed by atoms with Crippen molar-refractivity contribution >= 4 is 0 Å². The Balaban J connectivity index is 2.71. The Bertz CT molecular complexity index is 173. The van der Waals surface area contributed by atoms with Crippen LogP contribution in [0.1, 0.15) is 26.7 Å². The van der Waals surface area contributed by atoms with Crippen molar-refractivity contribution in [3.8, 4) is 0 Å². The van der Waals surface area contributed by atoms with Crippen LogP contribution in [0.2, 0.25) is 0 Å². The first-order valence-electron chi connectivity index (χ1n) is 3.80. The summed E-state index contributed by atoms with van der Waals surface area (Å²) >= 11 is 0. The molecule has 1 unspecified atom stereocenters. The summed E-state index contributed by atoms with van der Waals surface area (Å²) in [7, 11) is 0. The Morgan fingerprint density at radius 2 is 2.30 bits per heavy atom. The fourth-order valence-corrected chi connectivity index (χ4v) is 1.16. The van der Waals surface area contributed by atoms with Gasteiger partial charge in [-0.2, -0.15) is 0 Å². The Morgan fingerprint density at radius 3 is 2.70 bits per heavy atom. The summed E-state index contributed by atoms with van der Waals surface area (Å²) in [5, 5.41) is 0. The fraction of sp³-hybridized carbons (Fsp3) is 0.556. The maximum atomic E-state index is 5.69. The Labute approximate surface area is 62.6 Å². The third-order valence-electron chi connectivity index (χ3n) is 1.93.